The average Bonchev–Trinajstić information content (AvgIpc) is 3.25. The van der Waals surface area contributed by atoms with Gasteiger partial charge < -0.3 is 20.9 Å². The second-order valence-electron chi connectivity index (χ2n) is 6.10. The zero-order valence-corrected chi connectivity index (χ0v) is 13.6. The Morgan fingerprint density at radius 3 is 2.65 bits per heavy atom. The summed E-state index contributed by atoms with van der Waals surface area (Å²) in [7, 11) is 0. The number of primary amides is 1. The maximum atomic E-state index is 11.9. The Hall–Kier alpha value is -3.74. The lowest BCUT2D eigenvalue weighted by atomic mass is 10.0. The first-order chi connectivity index (χ1) is 12.6. The van der Waals surface area contributed by atoms with Gasteiger partial charge in [-0.15, -0.1) is 0 Å². The summed E-state index contributed by atoms with van der Waals surface area (Å²) in [6.45, 7) is 0.185. The van der Waals surface area contributed by atoms with Gasteiger partial charge >= 0.3 is 0 Å². The number of fused-ring (bicyclic) bond motifs is 4. The zero-order chi connectivity index (χ0) is 17.8. The molecule has 0 atom stereocenters. The van der Waals surface area contributed by atoms with Gasteiger partial charge in [0.25, 0.3) is 5.91 Å². The fraction of sp³-hybridized carbons (Fsp3) is 0.0526. The predicted molar refractivity (Wildman–Crippen MR) is 97.6 cm³/mol. The lowest BCUT2D eigenvalue weighted by molar-refractivity contribution is 0.0996. The number of benzene rings is 3. The fourth-order valence-electron chi connectivity index (χ4n) is 3.33. The topological polar surface area (TPSA) is 105 Å². The molecule has 5 rings (SSSR count). The third-order valence-corrected chi connectivity index (χ3v) is 4.52. The summed E-state index contributed by atoms with van der Waals surface area (Å²) in [6, 6.07) is 14.9. The van der Waals surface area contributed by atoms with E-state index in [0.717, 1.165) is 22.0 Å². The van der Waals surface area contributed by atoms with Crippen LogP contribution in [0, 0.1) is 0 Å². The standard InChI is InChI=1S/C19H14N4O3/c20-11-3-1-10-2-5-13-17(19(21)24)22-23(18(13)14(10)7-11)12-4-6-15-16(8-12)26-9-25-15/h1-8H,9,20H2,(H2,21,24). The van der Waals surface area contributed by atoms with E-state index in [4.69, 9.17) is 20.9 Å². The molecule has 1 amide bonds. The van der Waals surface area contributed by atoms with Crippen LogP contribution in [0.1, 0.15) is 10.5 Å². The van der Waals surface area contributed by atoms with Crippen LogP contribution in [0.5, 0.6) is 11.5 Å². The van der Waals surface area contributed by atoms with Crippen molar-refractivity contribution in [1.29, 1.82) is 0 Å². The Bertz CT molecular complexity index is 1210. The van der Waals surface area contributed by atoms with E-state index in [9.17, 15) is 4.79 Å². The second-order valence-corrected chi connectivity index (χ2v) is 6.10. The van der Waals surface area contributed by atoms with Gasteiger partial charge in [0.15, 0.2) is 17.2 Å². The number of rotatable bonds is 2. The summed E-state index contributed by atoms with van der Waals surface area (Å²) >= 11 is 0. The van der Waals surface area contributed by atoms with Gasteiger partial charge in [-0.3, -0.25) is 4.79 Å². The van der Waals surface area contributed by atoms with Gasteiger partial charge in [0.2, 0.25) is 6.79 Å². The molecule has 0 spiro atoms. The Balaban J connectivity index is 1.89. The van der Waals surface area contributed by atoms with Gasteiger partial charge in [-0.05, 0) is 35.7 Å². The summed E-state index contributed by atoms with van der Waals surface area (Å²) < 4.78 is 12.5. The average molecular weight is 346 g/mol. The van der Waals surface area contributed by atoms with E-state index in [1.54, 1.807) is 4.68 Å². The van der Waals surface area contributed by atoms with Crippen molar-refractivity contribution in [1.82, 2.24) is 9.78 Å². The Labute approximate surface area is 147 Å². The SMILES string of the molecule is NC(=O)c1nn(-c2ccc3c(c2)OCO3)c2c1ccc1ccc(N)cc12. The summed E-state index contributed by atoms with van der Waals surface area (Å²) in [5, 5.41) is 7.02. The number of hydrogen-bond acceptors (Lipinski definition) is 5. The normalized spacial score (nSPS) is 12.8. The summed E-state index contributed by atoms with van der Waals surface area (Å²) in [4.78, 5) is 11.9. The van der Waals surface area contributed by atoms with Crippen LogP contribution in [0.25, 0.3) is 27.4 Å². The maximum Gasteiger partial charge on any atom is 0.269 e. The molecule has 0 radical (unpaired) electrons. The fourth-order valence-corrected chi connectivity index (χ4v) is 3.33. The van der Waals surface area contributed by atoms with Crippen LogP contribution >= 0.6 is 0 Å². The molecule has 4 N–H and O–H groups in total. The van der Waals surface area contributed by atoms with Crippen molar-refractivity contribution in [2.75, 3.05) is 12.5 Å². The lowest BCUT2D eigenvalue weighted by Crippen LogP contribution is -2.12. The van der Waals surface area contributed by atoms with Gasteiger partial charge in [-0.25, -0.2) is 4.68 Å². The van der Waals surface area contributed by atoms with Gasteiger partial charge in [0.1, 0.15) is 0 Å². The van der Waals surface area contributed by atoms with E-state index in [-0.39, 0.29) is 12.5 Å². The highest BCUT2D eigenvalue weighted by Crippen LogP contribution is 2.36. The zero-order valence-electron chi connectivity index (χ0n) is 13.6. The van der Waals surface area contributed by atoms with Crippen LogP contribution in [0.2, 0.25) is 0 Å². The molecule has 7 heteroatoms. The Morgan fingerprint density at radius 2 is 1.81 bits per heavy atom. The van der Waals surface area contributed by atoms with Crippen molar-refractivity contribution in [3.05, 3.63) is 54.2 Å². The number of amides is 1. The minimum Gasteiger partial charge on any atom is -0.454 e. The van der Waals surface area contributed by atoms with Crippen LogP contribution in [-0.2, 0) is 0 Å². The molecule has 26 heavy (non-hydrogen) atoms. The molecule has 7 nitrogen and oxygen atoms in total. The van der Waals surface area contributed by atoms with E-state index >= 15 is 0 Å². The number of anilines is 1. The van der Waals surface area contributed by atoms with Crippen molar-refractivity contribution < 1.29 is 14.3 Å². The molecular weight excluding hydrogens is 332 g/mol. The van der Waals surface area contributed by atoms with E-state index in [1.165, 1.54) is 0 Å². The monoisotopic (exact) mass is 346 g/mol. The smallest absolute Gasteiger partial charge is 0.269 e. The molecule has 0 saturated heterocycles. The molecular formula is C19H14N4O3. The van der Waals surface area contributed by atoms with Crippen LogP contribution < -0.4 is 20.9 Å². The van der Waals surface area contributed by atoms with Gasteiger partial charge in [0, 0.05) is 22.5 Å². The molecule has 3 aromatic carbocycles. The Morgan fingerprint density at radius 1 is 1.00 bits per heavy atom. The molecule has 128 valence electrons. The van der Waals surface area contributed by atoms with Crippen LogP contribution in [0.15, 0.2) is 48.5 Å². The molecule has 0 saturated carbocycles. The van der Waals surface area contributed by atoms with E-state index in [2.05, 4.69) is 5.10 Å². The van der Waals surface area contributed by atoms with E-state index < -0.39 is 5.91 Å². The number of nitrogen functional groups attached to an aromatic ring is 1. The van der Waals surface area contributed by atoms with Crippen LogP contribution in [0.3, 0.4) is 0 Å². The number of carbonyl (C=O) groups is 1. The minimum atomic E-state index is -0.585. The van der Waals surface area contributed by atoms with Crippen molar-refractivity contribution >= 4 is 33.3 Å². The second kappa shape index (κ2) is 5.13. The van der Waals surface area contributed by atoms with E-state index in [0.29, 0.717) is 22.6 Å². The number of nitrogens with zero attached hydrogens (tertiary/aromatic N) is 2. The summed E-state index contributed by atoms with van der Waals surface area (Å²) in [6.07, 6.45) is 0. The van der Waals surface area contributed by atoms with E-state index in [1.807, 2.05) is 48.5 Å². The maximum absolute atomic E-state index is 11.9. The molecule has 0 bridgehead atoms. The molecule has 0 fully saturated rings. The van der Waals surface area contributed by atoms with Crippen molar-refractivity contribution in [2.45, 2.75) is 0 Å². The lowest BCUT2D eigenvalue weighted by Gasteiger charge is -2.08. The number of carbonyl (C=O) groups excluding carboxylic acids is 1. The molecule has 0 aliphatic carbocycles. The summed E-state index contributed by atoms with van der Waals surface area (Å²) in [5.41, 5.74) is 13.9. The molecule has 1 aliphatic rings. The quantitative estimate of drug-likeness (QED) is 0.543. The number of nitrogens with two attached hydrogens (primary N) is 2. The molecule has 0 unspecified atom stereocenters. The first-order valence-electron chi connectivity index (χ1n) is 8.02. The third-order valence-electron chi connectivity index (χ3n) is 4.52. The van der Waals surface area contributed by atoms with Gasteiger partial charge in [0.05, 0.1) is 11.2 Å². The summed E-state index contributed by atoms with van der Waals surface area (Å²) in [5.74, 6) is 0.721. The van der Waals surface area contributed by atoms with Gasteiger partial charge in [-0.2, -0.15) is 5.10 Å². The first kappa shape index (κ1) is 14.6. The molecule has 4 aromatic rings. The van der Waals surface area contributed by atoms with Crippen molar-refractivity contribution in [3.8, 4) is 17.2 Å². The highest BCUT2D eigenvalue weighted by Gasteiger charge is 2.20. The molecule has 1 aromatic heterocycles. The van der Waals surface area contributed by atoms with Gasteiger partial charge in [-0.1, -0.05) is 12.1 Å². The third kappa shape index (κ3) is 2.00. The first-order valence-corrected chi connectivity index (χ1v) is 8.02. The number of ether oxygens (including phenoxy) is 2. The van der Waals surface area contributed by atoms with Crippen molar-refractivity contribution in [3.63, 3.8) is 0 Å². The van der Waals surface area contributed by atoms with Crippen LogP contribution in [-0.4, -0.2) is 22.5 Å². The van der Waals surface area contributed by atoms with Crippen LogP contribution in [0.4, 0.5) is 5.69 Å². The predicted octanol–water partition coefficient (Wildman–Crippen LogP) is 2.59. The molecule has 1 aliphatic heterocycles. The highest BCUT2D eigenvalue weighted by atomic mass is 16.7. The number of aromatic nitrogens is 2. The minimum absolute atomic E-state index is 0.185. The van der Waals surface area contributed by atoms with Crippen molar-refractivity contribution in [2.24, 2.45) is 5.73 Å². The molecule has 2 heterocycles. The highest BCUT2D eigenvalue weighted by molar-refractivity contribution is 6.14. The largest absolute Gasteiger partial charge is 0.454 e. The Kier molecular flexibility index (Phi) is 2.88. The number of hydrogen-bond donors (Lipinski definition) is 2.